The Kier molecular flexibility index (Phi) is 4.93. The third-order valence-electron chi connectivity index (χ3n) is 3.23. The molecular weight excluding hydrogens is 278 g/mol. The summed E-state index contributed by atoms with van der Waals surface area (Å²) in [4.78, 5) is 8.20. The number of ether oxygens (including phenoxy) is 1. The van der Waals surface area contributed by atoms with Crippen molar-refractivity contribution in [1.82, 2.24) is 14.3 Å². The first-order chi connectivity index (χ1) is 9.51. The zero-order chi connectivity index (χ0) is 14.6. The average molecular weight is 299 g/mol. The molecule has 1 fully saturated rings. The number of aromatic nitrogens is 2. The van der Waals surface area contributed by atoms with Gasteiger partial charge in [0.25, 0.3) is 0 Å². The third-order valence-corrected chi connectivity index (χ3v) is 5.28. The zero-order valence-electron chi connectivity index (χ0n) is 11.9. The van der Waals surface area contributed by atoms with E-state index in [0.29, 0.717) is 31.2 Å². The van der Waals surface area contributed by atoms with Crippen LogP contribution in [0.5, 0.6) is 5.88 Å². The van der Waals surface area contributed by atoms with Gasteiger partial charge in [0.15, 0.2) is 0 Å². The molecule has 20 heavy (non-hydrogen) atoms. The Morgan fingerprint density at radius 3 is 3.00 bits per heavy atom. The van der Waals surface area contributed by atoms with Crippen molar-refractivity contribution in [3.8, 4) is 5.88 Å². The summed E-state index contributed by atoms with van der Waals surface area (Å²) in [6.45, 7) is 4.67. The number of sulfonamides is 1. The van der Waals surface area contributed by atoms with Crippen LogP contribution in [0.25, 0.3) is 0 Å². The predicted octanol–water partition coefficient (Wildman–Crippen LogP) is 1.37. The molecule has 1 saturated heterocycles. The molecule has 0 N–H and O–H groups in total. The molecule has 112 valence electrons. The van der Waals surface area contributed by atoms with Crippen LogP contribution in [0.3, 0.4) is 0 Å². The summed E-state index contributed by atoms with van der Waals surface area (Å²) in [6.07, 6.45) is 3.81. The summed E-state index contributed by atoms with van der Waals surface area (Å²) in [5.74, 6) is 1.36. The molecule has 2 heterocycles. The fraction of sp³-hybridized carbons (Fsp3) is 0.692. The van der Waals surface area contributed by atoms with Gasteiger partial charge >= 0.3 is 0 Å². The maximum atomic E-state index is 12.1. The molecule has 1 aromatic rings. The largest absolute Gasteiger partial charge is 0.473 e. The normalized spacial score (nSPS) is 20.8. The van der Waals surface area contributed by atoms with Gasteiger partial charge < -0.3 is 4.74 Å². The molecule has 0 amide bonds. The molecule has 0 spiro atoms. The van der Waals surface area contributed by atoms with E-state index in [1.54, 1.807) is 23.5 Å². The lowest BCUT2D eigenvalue weighted by atomic mass is 10.1. The minimum absolute atomic E-state index is 0.135. The summed E-state index contributed by atoms with van der Waals surface area (Å²) >= 11 is 0. The average Bonchev–Trinajstić information content (AvgIpc) is 2.39. The predicted molar refractivity (Wildman–Crippen MR) is 76.1 cm³/mol. The maximum Gasteiger partial charge on any atom is 0.216 e. The summed E-state index contributed by atoms with van der Waals surface area (Å²) in [6, 6.07) is 1.70. The van der Waals surface area contributed by atoms with Crippen LogP contribution < -0.4 is 4.74 Å². The molecule has 1 aromatic heterocycles. The molecule has 1 aliphatic rings. The van der Waals surface area contributed by atoms with Crippen molar-refractivity contribution < 1.29 is 13.2 Å². The second-order valence-corrected chi connectivity index (χ2v) is 7.09. The Morgan fingerprint density at radius 2 is 2.30 bits per heavy atom. The van der Waals surface area contributed by atoms with Crippen LogP contribution in [0.4, 0.5) is 0 Å². The topological polar surface area (TPSA) is 72.4 Å². The van der Waals surface area contributed by atoms with Crippen molar-refractivity contribution in [2.24, 2.45) is 0 Å². The molecule has 0 bridgehead atoms. The van der Waals surface area contributed by atoms with Gasteiger partial charge in [-0.05, 0) is 26.2 Å². The lowest BCUT2D eigenvalue weighted by molar-refractivity contribution is 0.124. The van der Waals surface area contributed by atoms with Gasteiger partial charge in [-0.1, -0.05) is 6.92 Å². The van der Waals surface area contributed by atoms with E-state index in [1.807, 2.05) is 6.92 Å². The highest BCUT2D eigenvalue weighted by atomic mass is 32.2. The highest BCUT2D eigenvalue weighted by Crippen LogP contribution is 2.19. The van der Waals surface area contributed by atoms with E-state index < -0.39 is 10.0 Å². The summed E-state index contributed by atoms with van der Waals surface area (Å²) in [5, 5.41) is 0. The molecule has 0 radical (unpaired) electrons. The van der Waals surface area contributed by atoms with E-state index in [9.17, 15) is 8.42 Å². The van der Waals surface area contributed by atoms with E-state index >= 15 is 0 Å². The van der Waals surface area contributed by atoms with Gasteiger partial charge in [0, 0.05) is 18.8 Å². The zero-order valence-corrected chi connectivity index (χ0v) is 12.8. The number of piperidine rings is 1. The van der Waals surface area contributed by atoms with Crippen molar-refractivity contribution >= 4 is 10.0 Å². The van der Waals surface area contributed by atoms with Crippen LogP contribution >= 0.6 is 0 Å². The van der Waals surface area contributed by atoms with Crippen molar-refractivity contribution in [2.45, 2.75) is 39.2 Å². The molecule has 0 saturated carbocycles. The summed E-state index contributed by atoms with van der Waals surface area (Å²) in [7, 11) is -3.15. The van der Waals surface area contributed by atoms with Crippen molar-refractivity contribution in [1.29, 1.82) is 0 Å². The Morgan fingerprint density at radius 1 is 1.50 bits per heavy atom. The minimum Gasteiger partial charge on any atom is -0.473 e. The van der Waals surface area contributed by atoms with Crippen LogP contribution in [0.15, 0.2) is 12.3 Å². The molecule has 1 atom stereocenters. The molecule has 0 unspecified atom stereocenters. The highest BCUT2D eigenvalue weighted by molar-refractivity contribution is 7.89. The van der Waals surface area contributed by atoms with E-state index in [1.165, 1.54) is 0 Å². The Bertz CT molecular complexity index is 548. The van der Waals surface area contributed by atoms with Gasteiger partial charge in [-0.15, -0.1) is 0 Å². The summed E-state index contributed by atoms with van der Waals surface area (Å²) in [5.41, 5.74) is 0. The van der Waals surface area contributed by atoms with E-state index in [2.05, 4.69) is 9.97 Å². The van der Waals surface area contributed by atoms with Gasteiger partial charge in [-0.3, -0.25) is 0 Å². The van der Waals surface area contributed by atoms with Crippen molar-refractivity contribution in [3.63, 3.8) is 0 Å². The molecule has 0 aromatic carbocycles. The molecule has 7 heteroatoms. The minimum atomic E-state index is -3.15. The Hall–Kier alpha value is -1.21. The first-order valence-corrected chi connectivity index (χ1v) is 8.56. The van der Waals surface area contributed by atoms with Crippen molar-refractivity contribution in [3.05, 3.63) is 18.1 Å². The van der Waals surface area contributed by atoms with E-state index in [-0.39, 0.29) is 11.9 Å². The van der Waals surface area contributed by atoms with Crippen molar-refractivity contribution in [2.75, 3.05) is 18.8 Å². The van der Waals surface area contributed by atoms with Gasteiger partial charge in [0.05, 0.1) is 12.3 Å². The fourth-order valence-electron chi connectivity index (χ4n) is 2.31. The maximum absolute atomic E-state index is 12.1. The Balaban J connectivity index is 2.00. The third kappa shape index (κ3) is 3.89. The fourth-order valence-corrected chi connectivity index (χ4v) is 3.89. The number of rotatable bonds is 5. The second-order valence-electron chi connectivity index (χ2n) is 5.00. The van der Waals surface area contributed by atoms with Crippen LogP contribution in [0.1, 0.15) is 32.0 Å². The number of hydrogen-bond donors (Lipinski definition) is 0. The molecule has 6 nitrogen and oxygen atoms in total. The first kappa shape index (κ1) is 15.2. The molecular formula is C13H21N3O3S. The second kappa shape index (κ2) is 6.49. The van der Waals surface area contributed by atoms with Gasteiger partial charge in [0.2, 0.25) is 15.9 Å². The van der Waals surface area contributed by atoms with Crippen LogP contribution in [-0.4, -0.2) is 47.6 Å². The van der Waals surface area contributed by atoms with Crippen LogP contribution in [0, 0.1) is 6.92 Å². The quantitative estimate of drug-likeness (QED) is 0.821. The smallest absolute Gasteiger partial charge is 0.216 e. The SMILES string of the molecule is CCCS(=O)(=O)N1CCC[C@@H](Oc2ccnc(C)n2)C1. The first-order valence-electron chi connectivity index (χ1n) is 6.95. The number of nitrogens with zero attached hydrogens (tertiary/aromatic N) is 3. The van der Waals surface area contributed by atoms with Crippen LogP contribution in [0.2, 0.25) is 0 Å². The van der Waals surface area contributed by atoms with Gasteiger partial charge in [-0.2, -0.15) is 9.29 Å². The molecule has 2 rings (SSSR count). The lowest BCUT2D eigenvalue weighted by Gasteiger charge is -2.31. The standard InChI is InChI=1S/C13H21N3O3S/c1-3-9-20(17,18)16-8-4-5-12(10-16)19-13-6-7-14-11(2)15-13/h6-7,12H,3-5,8-10H2,1-2H3/t12-/m1/s1. The molecule has 1 aliphatic heterocycles. The van der Waals surface area contributed by atoms with Crippen LogP contribution in [-0.2, 0) is 10.0 Å². The van der Waals surface area contributed by atoms with E-state index in [0.717, 1.165) is 12.8 Å². The van der Waals surface area contributed by atoms with E-state index in [4.69, 9.17) is 4.74 Å². The highest BCUT2D eigenvalue weighted by Gasteiger charge is 2.29. The summed E-state index contributed by atoms with van der Waals surface area (Å²) < 4.78 is 31.5. The molecule has 0 aliphatic carbocycles. The number of hydrogen-bond acceptors (Lipinski definition) is 5. The van der Waals surface area contributed by atoms with Gasteiger partial charge in [0.1, 0.15) is 11.9 Å². The van der Waals surface area contributed by atoms with Gasteiger partial charge in [-0.25, -0.2) is 13.4 Å². The number of aryl methyl sites for hydroxylation is 1. The lowest BCUT2D eigenvalue weighted by Crippen LogP contribution is -2.45. The Labute approximate surface area is 120 Å². The monoisotopic (exact) mass is 299 g/mol.